The van der Waals surface area contributed by atoms with Crippen molar-refractivity contribution in [3.63, 3.8) is 0 Å². The average molecular weight is 380 g/mol. The molecule has 0 unspecified atom stereocenters. The van der Waals surface area contributed by atoms with Crippen molar-refractivity contribution in [3.05, 3.63) is 58.0 Å². The Morgan fingerprint density at radius 3 is 2.50 bits per heavy atom. The van der Waals surface area contributed by atoms with E-state index >= 15 is 0 Å². The van der Waals surface area contributed by atoms with Gasteiger partial charge in [-0.3, -0.25) is 0 Å². The number of nitrogens with one attached hydrogen (secondary N) is 1. The summed E-state index contributed by atoms with van der Waals surface area (Å²) in [4.78, 5) is 0. The zero-order chi connectivity index (χ0) is 16.0. The van der Waals surface area contributed by atoms with Crippen LogP contribution in [0.3, 0.4) is 0 Å². The molecule has 0 saturated carbocycles. The Hall–Kier alpha value is -0.660. The second-order valence-electron chi connectivity index (χ2n) is 4.49. The number of benzene rings is 1. The normalized spacial score (nSPS) is 11.7. The standard InChI is InChI=1S/C14H15Cl2NO3S2/c15-13-4-1-5-14(16)12(13)10-22(18,19)17-6-8-21-9-11-3-2-7-20-11/h1-5,7,17H,6,8-10H2. The molecule has 0 atom stereocenters. The van der Waals surface area contributed by atoms with Crippen molar-refractivity contribution in [2.45, 2.75) is 11.5 Å². The topological polar surface area (TPSA) is 59.3 Å². The molecule has 0 aliphatic rings. The lowest BCUT2D eigenvalue weighted by molar-refractivity contribution is 0.530. The van der Waals surface area contributed by atoms with Crippen LogP contribution in [0.4, 0.5) is 0 Å². The number of furan rings is 1. The molecular weight excluding hydrogens is 365 g/mol. The smallest absolute Gasteiger partial charge is 0.215 e. The third-order valence-electron chi connectivity index (χ3n) is 2.79. The Morgan fingerprint density at radius 2 is 1.86 bits per heavy atom. The van der Waals surface area contributed by atoms with E-state index in [1.807, 2.05) is 12.1 Å². The van der Waals surface area contributed by atoms with Gasteiger partial charge in [0, 0.05) is 27.9 Å². The van der Waals surface area contributed by atoms with Crippen LogP contribution in [0.5, 0.6) is 0 Å². The molecule has 1 N–H and O–H groups in total. The highest BCUT2D eigenvalue weighted by atomic mass is 35.5. The molecule has 1 aromatic heterocycles. The first-order valence-electron chi connectivity index (χ1n) is 6.48. The predicted molar refractivity (Wildman–Crippen MR) is 92.0 cm³/mol. The molecule has 0 aliphatic heterocycles. The molecule has 0 bridgehead atoms. The quantitative estimate of drug-likeness (QED) is 0.705. The number of sulfonamides is 1. The van der Waals surface area contributed by atoms with Crippen molar-refractivity contribution in [3.8, 4) is 0 Å². The van der Waals surface area contributed by atoms with Crippen molar-refractivity contribution in [1.82, 2.24) is 4.72 Å². The molecular formula is C14H15Cl2NO3S2. The maximum Gasteiger partial charge on any atom is 0.215 e. The predicted octanol–water partition coefficient (Wildman–Crippen LogP) is 3.94. The average Bonchev–Trinajstić information content (AvgIpc) is 2.96. The highest BCUT2D eigenvalue weighted by Gasteiger charge is 2.15. The summed E-state index contributed by atoms with van der Waals surface area (Å²) in [6.07, 6.45) is 1.62. The lowest BCUT2D eigenvalue weighted by Gasteiger charge is -2.09. The Labute approximate surface area is 144 Å². The molecule has 120 valence electrons. The lowest BCUT2D eigenvalue weighted by Crippen LogP contribution is -2.27. The highest BCUT2D eigenvalue weighted by Crippen LogP contribution is 2.25. The number of halogens is 2. The van der Waals surface area contributed by atoms with Crippen LogP contribution in [0, 0.1) is 0 Å². The van der Waals surface area contributed by atoms with Gasteiger partial charge in [0.05, 0.1) is 17.8 Å². The van der Waals surface area contributed by atoms with Gasteiger partial charge in [0.25, 0.3) is 0 Å². The Bertz CT molecular complexity index is 683. The van der Waals surface area contributed by atoms with Crippen molar-refractivity contribution in [2.24, 2.45) is 0 Å². The molecule has 0 fully saturated rings. The summed E-state index contributed by atoms with van der Waals surface area (Å²) in [5.74, 6) is 2.01. The van der Waals surface area contributed by atoms with Gasteiger partial charge in [0.2, 0.25) is 10.0 Å². The zero-order valence-corrected chi connectivity index (χ0v) is 14.7. The number of hydrogen-bond donors (Lipinski definition) is 1. The fraction of sp³-hybridized carbons (Fsp3) is 0.286. The Balaban J connectivity index is 1.79. The van der Waals surface area contributed by atoms with Crippen LogP contribution in [0.25, 0.3) is 0 Å². The third kappa shape index (κ3) is 5.52. The van der Waals surface area contributed by atoms with E-state index in [0.717, 1.165) is 5.76 Å². The van der Waals surface area contributed by atoms with E-state index < -0.39 is 10.0 Å². The van der Waals surface area contributed by atoms with E-state index in [1.165, 1.54) is 0 Å². The minimum Gasteiger partial charge on any atom is -0.468 e. The molecule has 2 aromatic rings. The van der Waals surface area contributed by atoms with Crippen LogP contribution in [0.1, 0.15) is 11.3 Å². The summed E-state index contributed by atoms with van der Waals surface area (Å²) in [6.45, 7) is 0.343. The maximum absolute atomic E-state index is 12.0. The Morgan fingerprint density at radius 1 is 1.14 bits per heavy atom. The van der Waals surface area contributed by atoms with Gasteiger partial charge in [-0.2, -0.15) is 11.8 Å². The van der Waals surface area contributed by atoms with Gasteiger partial charge >= 0.3 is 0 Å². The van der Waals surface area contributed by atoms with Gasteiger partial charge in [0.15, 0.2) is 0 Å². The second-order valence-corrected chi connectivity index (χ2v) is 8.21. The van der Waals surface area contributed by atoms with E-state index in [9.17, 15) is 8.42 Å². The molecule has 0 saturated heterocycles. The maximum atomic E-state index is 12.0. The fourth-order valence-corrected chi connectivity index (χ4v) is 4.53. The van der Waals surface area contributed by atoms with Crippen molar-refractivity contribution in [1.29, 1.82) is 0 Å². The van der Waals surface area contributed by atoms with E-state index in [-0.39, 0.29) is 5.75 Å². The molecule has 22 heavy (non-hydrogen) atoms. The zero-order valence-electron chi connectivity index (χ0n) is 11.6. The van der Waals surface area contributed by atoms with Crippen LogP contribution >= 0.6 is 35.0 Å². The molecule has 0 amide bonds. The monoisotopic (exact) mass is 379 g/mol. The third-order valence-corrected chi connectivity index (χ3v) is 5.79. The van der Waals surface area contributed by atoms with Crippen LogP contribution in [-0.4, -0.2) is 20.7 Å². The largest absolute Gasteiger partial charge is 0.468 e. The molecule has 0 aliphatic carbocycles. The summed E-state index contributed by atoms with van der Waals surface area (Å²) in [5.41, 5.74) is 0.418. The summed E-state index contributed by atoms with van der Waals surface area (Å²) in [6, 6.07) is 8.64. The van der Waals surface area contributed by atoms with E-state index in [4.69, 9.17) is 27.6 Å². The fourth-order valence-electron chi connectivity index (χ4n) is 1.75. The molecule has 1 heterocycles. The highest BCUT2D eigenvalue weighted by molar-refractivity contribution is 7.98. The van der Waals surface area contributed by atoms with Gasteiger partial charge in [-0.05, 0) is 24.3 Å². The van der Waals surface area contributed by atoms with Crippen molar-refractivity contribution in [2.75, 3.05) is 12.3 Å². The number of hydrogen-bond acceptors (Lipinski definition) is 4. The summed E-state index contributed by atoms with van der Waals surface area (Å²) < 4.78 is 31.8. The lowest BCUT2D eigenvalue weighted by atomic mass is 10.2. The molecule has 0 spiro atoms. The van der Waals surface area contributed by atoms with Gasteiger partial charge in [-0.1, -0.05) is 29.3 Å². The van der Waals surface area contributed by atoms with Gasteiger partial charge < -0.3 is 4.42 Å². The summed E-state index contributed by atoms with van der Waals surface area (Å²) in [5, 5.41) is 0.704. The van der Waals surface area contributed by atoms with Crippen LogP contribution < -0.4 is 4.72 Å². The van der Waals surface area contributed by atoms with E-state index in [0.29, 0.717) is 33.7 Å². The molecule has 8 heteroatoms. The Kier molecular flexibility index (Phi) is 6.65. The van der Waals surface area contributed by atoms with Crippen LogP contribution in [-0.2, 0) is 21.5 Å². The molecule has 2 rings (SSSR count). The van der Waals surface area contributed by atoms with Crippen LogP contribution in [0.15, 0.2) is 41.0 Å². The summed E-state index contributed by atoms with van der Waals surface area (Å²) in [7, 11) is -3.47. The van der Waals surface area contributed by atoms with Crippen LogP contribution in [0.2, 0.25) is 10.0 Å². The van der Waals surface area contributed by atoms with Crippen molar-refractivity contribution >= 4 is 45.0 Å². The van der Waals surface area contributed by atoms with Gasteiger partial charge in [-0.25, -0.2) is 13.1 Å². The number of thioether (sulfide) groups is 1. The van der Waals surface area contributed by atoms with Gasteiger partial charge in [0.1, 0.15) is 5.76 Å². The molecule has 1 aromatic carbocycles. The van der Waals surface area contributed by atoms with E-state index in [2.05, 4.69) is 4.72 Å². The second kappa shape index (κ2) is 8.26. The first-order valence-corrected chi connectivity index (χ1v) is 10.0. The number of rotatable bonds is 8. The molecule has 4 nitrogen and oxygen atoms in total. The van der Waals surface area contributed by atoms with E-state index in [1.54, 1.807) is 36.2 Å². The minimum absolute atomic E-state index is 0.228. The first kappa shape index (κ1) is 17.7. The SMILES string of the molecule is O=S(=O)(Cc1c(Cl)cccc1Cl)NCCSCc1ccco1. The van der Waals surface area contributed by atoms with Crippen molar-refractivity contribution < 1.29 is 12.8 Å². The minimum atomic E-state index is -3.47. The first-order chi connectivity index (χ1) is 10.5. The van der Waals surface area contributed by atoms with Gasteiger partial charge in [-0.15, -0.1) is 0 Å². The summed E-state index contributed by atoms with van der Waals surface area (Å²) >= 11 is 13.6. The molecule has 0 radical (unpaired) electrons.